The fourth-order valence-corrected chi connectivity index (χ4v) is 1.46. The summed E-state index contributed by atoms with van der Waals surface area (Å²) < 4.78 is 31.6. The SMILES string of the molecule is CCC(C)NC(=O)C(C)OC(=O)c1cc(F)c(N)cc1F. The minimum atomic E-state index is -1.13. The van der Waals surface area contributed by atoms with Gasteiger partial charge in [0.1, 0.15) is 11.6 Å². The van der Waals surface area contributed by atoms with E-state index in [1.807, 2.05) is 6.92 Å². The normalized spacial score (nSPS) is 13.4. The maximum atomic E-state index is 13.5. The standard InChI is InChI=1S/C14H18F2N2O3/c1-4-7(2)18-13(19)8(3)21-14(20)9-5-11(16)12(17)6-10(9)15/h5-8H,4,17H2,1-3H3,(H,18,19). The summed E-state index contributed by atoms with van der Waals surface area (Å²) in [4.78, 5) is 23.5. The summed E-state index contributed by atoms with van der Waals surface area (Å²) in [7, 11) is 0. The number of nitrogens with one attached hydrogen (secondary N) is 1. The predicted octanol–water partition coefficient (Wildman–Crippen LogP) is 2.01. The van der Waals surface area contributed by atoms with Gasteiger partial charge in [-0.3, -0.25) is 4.79 Å². The Labute approximate surface area is 121 Å². The van der Waals surface area contributed by atoms with Gasteiger partial charge < -0.3 is 15.8 Å². The molecule has 0 aliphatic rings. The van der Waals surface area contributed by atoms with Crippen molar-refractivity contribution in [3.05, 3.63) is 29.3 Å². The maximum Gasteiger partial charge on any atom is 0.342 e. The molecule has 2 atom stereocenters. The number of esters is 1. The van der Waals surface area contributed by atoms with Crippen LogP contribution in [0.15, 0.2) is 12.1 Å². The van der Waals surface area contributed by atoms with Gasteiger partial charge in [0.05, 0.1) is 11.3 Å². The van der Waals surface area contributed by atoms with Gasteiger partial charge in [0.25, 0.3) is 5.91 Å². The molecule has 1 amide bonds. The Morgan fingerprint density at radius 2 is 1.90 bits per heavy atom. The van der Waals surface area contributed by atoms with Crippen LogP contribution in [0.2, 0.25) is 0 Å². The van der Waals surface area contributed by atoms with Crippen molar-refractivity contribution in [1.82, 2.24) is 5.32 Å². The highest BCUT2D eigenvalue weighted by molar-refractivity contribution is 5.92. The summed E-state index contributed by atoms with van der Waals surface area (Å²) in [5.41, 5.74) is 4.16. The molecule has 1 aromatic carbocycles. The number of hydrogen-bond donors (Lipinski definition) is 2. The zero-order chi connectivity index (χ0) is 16.2. The zero-order valence-electron chi connectivity index (χ0n) is 12.1. The van der Waals surface area contributed by atoms with Crippen LogP contribution < -0.4 is 11.1 Å². The van der Waals surface area contributed by atoms with Gasteiger partial charge in [-0.05, 0) is 26.3 Å². The van der Waals surface area contributed by atoms with Gasteiger partial charge >= 0.3 is 5.97 Å². The molecule has 0 radical (unpaired) electrons. The van der Waals surface area contributed by atoms with Crippen LogP contribution in [-0.2, 0) is 9.53 Å². The Morgan fingerprint density at radius 1 is 1.29 bits per heavy atom. The number of carbonyl (C=O) groups is 2. The summed E-state index contributed by atoms with van der Waals surface area (Å²) in [5, 5.41) is 2.62. The van der Waals surface area contributed by atoms with Crippen molar-refractivity contribution in [2.75, 3.05) is 5.73 Å². The lowest BCUT2D eigenvalue weighted by Crippen LogP contribution is -2.40. The molecular formula is C14H18F2N2O3. The molecular weight excluding hydrogens is 282 g/mol. The first kappa shape index (κ1) is 16.9. The van der Waals surface area contributed by atoms with E-state index in [1.54, 1.807) is 6.92 Å². The Hall–Kier alpha value is -2.18. The summed E-state index contributed by atoms with van der Waals surface area (Å²) in [6.45, 7) is 5.02. The molecule has 0 saturated carbocycles. The number of hydrogen-bond acceptors (Lipinski definition) is 4. The average Bonchev–Trinajstić information content (AvgIpc) is 2.42. The maximum absolute atomic E-state index is 13.5. The molecule has 2 unspecified atom stereocenters. The number of amides is 1. The van der Waals surface area contributed by atoms with E-state index in [4.69, 9.17) is 10.5 Å². The molecule has 1 aromatic rings. The zero-order valence-corrected chi connectivity index (χ0v) is 12.1. The Morgan fingerprint density at radius 3 is 2.48 bits per heavy atom. The van der Waals surface area contributed by atoms with E-state index in [9.17, 15) is 18.4 Å². The lowest BCUT2D eigenvalue weighted by Gasteiger charge is -2.17. The van der Waals surface area contributed by atoms with Gasteiger partial charge in [-0.15, -0.1) is 0 Å². The molecule has 0 fully saturated rings. The molecule has 21 heavy (non-hydrogen) atoms. The predicted molar refractivity (Wildman–Crippen MR) is 73.5 cm³/mol. The van der Waals surface area contributed by atoms with E-state index in [-0.39, 0.29) is 6.04 Å². The second-order valence-electron chi connectivity index (χ2n) is 4.72. The number of nitrogens with two attached hydrogens (primary N) is 1. The van der Waals surface area contributed by atoms with E-state index in [0.29, 0.717) is 18.6 Å². The smallest absolute Gasteiger partial charge is 0.342 e. The molecule has 0 aliphatic carbocycles. The molecule has 0 saturated heterocycles. The quantitative estimate of drug-likeness (QED) is 0.644. The van der Waals surface area contributed by atoms with Gasteiger partial charge in [0.15, 0.2) is 6.10 Å². The number of carbonyl (C=O) groups excluding carboxylic acids is 2. The molecule has 0 aromatic heterocycles. The molecule has 1 rings (SSSR count). The highest BCUT2D eigenvalue weighted by Crippen LogP contribution is 2.18. The van der Waals surface area contributed by atoms with Crippen LogP contribution in [0.5, 0.6) is 0 Å². The third-order valence-electron chi connectivity index (χ3n) is 2.96. The van der Waals surface area contributed by atoms with Crippen molar-refractivity contribution in [3.63, 3.8) is 0 Å². The highest BCUT2D eigenvalue weighted by Gasteiger charge is 2.23. The highest BCUT2D eigenvalue weighted by atomic mass is 19.1. The second-order valence-corrected chi connectivity index (χ2v) is 4.72. The second kappa shape index (κ2) is 7.01. The van der Waals surface area contributed by atoms with Crippen LogP contribution in [0.25, 0.3) is 0 Å². The van der Waals surface area contributed by atoms with Crippen molar-refractivity contribution in [2.24, 2.45) is 0 Å². The van der Waals surface area contributed by atoms with E-state index >= 15 is 0 Å². The summed E-state index contributed by atoms with van der Waals surface area (Å²) in [6, 6.07) is 1.26. The van der Waals surface area contributed by atoms with Crippen molar-refractivity contribution in [3.8, 4) is 0 Å². The fourth-order valence-electron chi connectivity index (χ4n) is 1.46. The van der Waals surface area contributed by atoms with Gasteiger partial charge in [-0.2, -0.15) is 0 Å². The minimum Gasteiger partial charge on any atom is -0.449 e. The van der Waals surface area contributed by atoms with Crippen molar-refractivity contribution >= 4 is 17.6 Å². The Balaban J connectivity index is 2.77. The average molecular weight is 300 g/mol. The number of ether oxygens (including phenoxy) is 1. The number of nitrogen functional groups attached to an aromatic ring is 1. The van der Waals surface area contributed by atoms with Crippen molar-refractivity contribution in [1.29, 1.82) is 0 Å². The Kier molecular flexibility index (Phi) is 5.63. The van der Waals surface area contributed by atoms with Crippen LogP contribution in [0, 0.1) is 11.6 Å². The minimum absolute atomic E-state index is 0.0793. The molecule has 116 valence electrons. The van der Waals surface area contributed by atoms with Gasteiger partial charge in [0, 0.05) is 12.1 Å². The van der Waals surface area contributed by atoms with Gasteiger partial charge in [0.2, 0.25) is 0 Å². The lowest BCUT2D eigenvalue weighted by molar-refractivity contribution is -0.129. The summed E-state index contributed by atoms with van der Waals surface area (Å²) in [5.74, 6) is -3.57. The number of anilines is 1. The third-order valence-corrected chi connectivity index (χ3v) is 2.96. The molecule has 0 spiro atoms. The lowest BCUT2D eigenvalue weighted by atomic mass is 10.2. The van der Waals surface area contributed by atoms with Crippen LogP contribution in [0.3, 0.4) is 0 Å². The fraction of sp³-hybridized carbons (Fsp3) is 0.429. The number of halogens is 2. The first-order chi connectivity index (χ1) is 9.76. The third kappa shape index (κ3) is 4.40. The molecule has 0 heterocycles. The molecule has 0 bridgehead atoms. The first-order valence-corrected chi connectivity index (χ1v) is 6.52. The summed E-state index contributed by atoms with van der Waals surface area (Å²) in [6.07, 6.45) is -0.406. The number of benzene rings is 1. The monoisotopic (exact) mass is 300 g/mol. The van der Waals surface area contributed by atoms with Crippen LogP contribution >= 0.6 is 0 Å². The van der Waals surface area contributed by atoms with Crippen molar-refractivity contribution < 1.29 is 23.1 Å². The molecule has 7 heteroatoms. The van der Waals surface area contributed by atoms with E-state index in [0.717, 1.165) is 0 Å². The van der Waals surface area contributed by atoms with E-state index < -0.39 is 40.9 Å². The largest absolute Gasteiger partial charge is 0.449 e. The van der Waals surface area contributed by atoms with Gasteiger partial charge in [-0.25, -0.2) is 13.6 Å². The van der Waals surface area contributed by atoms with Crippen LogP contribution in [-0.4, -0.2) is 24.0 Å². The van der Waals surface area contributed by atoms with E-state index in [2.05, 4.69) is 5.32 Å². The first-order valence-electron chi connectivity index (χ1n) is 6.52. The number of rotatable bonds is 5. The van der Waals surface area contributed by atoms with Crippen LogP contribution in [0.4, 0.5) is 14.5 Å². The summed E-state index contributed by atoms with van der Waals surface area (Å²) >= 11 is 0. The topological polar surface area (TPSA) is 81.4 Å². The molecule has 3 N–H and O–H groups in total. The van der Waals surface area contributed by atoms with Crippen molar-refractivity contribution in [2.45, 2.75) is 39.3 Å². The van der Waals surface area contributed by atoms with Crippen LogP contribution in [0.1, 0.15) is 37.6 Å². The van der Waals surface area contributed by atoms with Gasteiger partial charge in [-0.1, -0.05) is 6.92 Å². The molecule has 5 nitrogen and oxygen atoms in total. The van der Waals surface area contributed by atoms with E-state index in [1.165, 1.54) is 6.92 Å². The molecule has 0 aliphatic heterocycles. The Bertz CT molecular complexity index is 549.